The lowest BCUT2D eigenvalue weighted by atomic mass is 9.77. The van der Waals surface area contributed by atoms with Gasteiger partial charge in [-0.15, -0.1) is 0 Å². The molecule has 0 unspecified atom stereocenters. The van der Waals surface area contributed by atoms with Crippen molar-refractivity contribution in [2.45, 2.75) is 26.2 Å². The molecule has 0 radical (unpaired) electrons. The quantitative estimate of drug-likeness (QED) is 0.171. The van der Waals surface area contributed by atoms with Gasteiger partial charge >= 0.3 is 0 Å². The topological polar surface area (TPSA) is 25.8 Å². The van der Waals surface area contributed by atoms with Gasteiger partial charge in [-0.3, -0.25) is 0 Å². The number of rotatable bonds is 8. The van der Waals surface area contributed by atoms with Crippen molar-refractivity contribution in [1.29, 1.82) is 0 Å². The van der Waals surface area contributed by atoms with Crippen LogP contribution in [0.25, 0.3) is 50.1 Å². The molecule has 1 heterocycles. The van der Waals surface area contributed by atoms with Gasteiger partial charge in [0.15, 0.2) is 5.82 Å². The van der Waals surface area contributed by atoms with Gasteiger partial charge in [0.25, 0.3) is 0 Å². The smallest absolute Gasteiger partial charge is 0.160 e. The number of benzene rings is 5. The van der Waals surface area contributed by atoms with Crippen LogP contribution in [0.3, 0.4) is 0 Å². The van der Waals surface area contributed by atoms with Gasteiger partial charge in [0.1, 0.15) is 0 Å². The molecule has 0 aliphatic rings. The third-order valence-electron chi connectivity index (χ3n) is 8.29. The predicted octanol–water partition coefficient (Wildman–Crippen LogP) is 11.1. The van der Waals surface area contributed by atoms with Crippen molar-refractivity contribution in [3.8, 4) is 33.8 Å². The second-order valence-corrected chi connectivity index (χ2v) is 11.5. The first-order chi connectivity index (χ1) is 21.5. The van der Waals surface area contributed by atoms with Crippen LogP contribution >= 0.6 is 0 Å². The second-order valence-electron chi connectivity index (χ2n) is 11.5. The maximum Gasteiger partial charge on any atom is 0.160 e. The average Bonchev–Trinajstić information content (AvgIpc) is 3.08. The Morgan fingerprint density at radius 2 is 1.23 bits per heavy atom. The van der Waals surface area contributed by atoms with Crippen molar-refractivity contribution in [1.82, 2.24) is 9.97 Å². The zero-order valence-electron chi connectivity index (χ0n) is 25.5. The molecule has 0 N–H and O–H groups in total. The van der Waals surface area contributed by atoms with E-state index in [0.717, 1.165) is 28.1 Å². The fraction of sp³-hybridized carbons (Fsp3) is 0.0952. The van der Waals surface area contributed by atoms with Crippen LogP contribution in [0.15, 0.2) is 158 Å². The Balaban J connectivity index is 1.31. The van der Waals surface area contributed by atoms with E-state index in [9.17, 15) is 0 Å². The standard InChI is InChI=1S/C42H36N2/c1-5-12-32(13-6-2)39-29-40(44-41(43-39)34-15-8-7-9-16-34)33-22-26-38(27-23-33)42(3,4)37-24-20-31(21-25-37)36-19-18-30-14-10-11-17-35(30)28-36/h5-29H,1H2,2-4H3/b13-6-,32-12+. The highest BCUT2D eigenvalue weighted by Gasteiger charge is 2.23. The predicted molar refractivity (Wildman–Crippen MR) is 187 cm³/mol. The van der Waals surface area contributed by atoms with E-state index in [1.54, 1.807) is 6.08 Å². The molecule has 5 aromatic carbocycles. The number of aromatic nitrogens is 2. The Bertz CT molecular complexity index is 1980. The molecule has 0 aliphatic carbocycles. The summed E-state index contributed by atoms with van der Waals surface area (Å²) in [4.78, 5) is 9.92. The third-order valence-corrected chi connectivity index (χ3v) is 8.29. The Morgan fingerprint density at radius 3 is 1.89 bits per heavy atom. The summed E-state index contributed by atoms with van der Waals surface area (Å²) < 4.78 is 0. The van der Waals surface area contributed by atoms with Crippen molar-refractivity contribution in [2.75, 3.05) is 0 Å². The summed E-state index contributed by atoms with van der Waals surface area (Å²) >= 11 is 0. The highest BCUT2D eigenvalue weighted by Crippen LogP contribution is 2.35. The van der Waals surface area contributed by atoms with Crippen LogP contribution in [-0.4, -0.2) is 9.97 Å². The molecule has 6 aromatic rings. The van der Waals surface area contributed by atoms with Crippen molar-refractivity contribution < 1.29 is 0 Å². The van der Waals surface area contributed by atoms with Crippen molar-refractivity contribution in [2.24, 2.45) is 0 Å². The molecule has 214 valence electrons. The number of fused-ring (bicyclic) bond motifs is 1. The molecule has 0 saturated carbocycles. The lowest BCUT2D eigenvalue weighted by molar-refractivity contribution is 0.641. The Hall–Kier alpha value is -5.34. The Labute approximate surface area is 260 Å². The maximum atomic E-state index is 5.00. The van der Waals surface area contributed by atoms with E-state index in [1.165, 1.54) is 33.0 Å². The van der Waals surface area contributed by atoms with Gasteiger partial charge in [-0.2, -0.15) is 0 Å². The molecular weight excluding hydrogens is 532 g/mol. The molecular formula is C42H36N2. The first-order valence-corrected chi connectivity index (χ1v) is 15.1. The SMILES string of the molecule is C=C/C=C(\C=C/C)c1cc(-c2ccc(C(C)(C)c3ccc(-c4ccc5ccccc5c4)cc3)cc2)nc(-c2ccccc2)n1. The molecule has 0 saturated heterocycles. The van der Waals surface area contributed by atoms with Crippen molar-refractivity contribution in [3.05, 3.63) is 175 Å². The zero-order valence-corrected chi connectivity index (χ0v) is 25.5. The van der Waals surface area contributed by atoms with E-state index in [0.29, 0.717) is 5.82 Å². The summed E-state index contributed by atoms with van der Waals surface area (Å²) in [6, 6.07) is 45.2. The second kappa shape index (κ2) is 12.5. The van der Waals surface area contributed by atoms with Crippen LogP contribution in [0.2, 0.25) is 0 Å². The van der Waals surface area contributed by atoms with E-state index < -0.39 is 0 Å². The van der Waals surface area contributed by atoms with Crippen LogP contribution in [0.4, 0.5) is 0 Å². The van der Waals surface area contributed by atoms with E-state index >= 15 is 0 Å². The molecule has 0 bridgehead atoms. The van der Waals surface area contributed by atoms with Gasteiger partial charge in [-0.1, -0.05) is 160 Å². The lowest BCUT2D eigenvalue weighted by Gasteiger charge is -2.26. The highest BCUT2D eigenvalue weighted by molar-refractivity contribution is 5.87. The summed E-state index contributed by atoms with van der Waals surface area (Å²) in [5.74, 6) is 0.702. The molecule has 6 rings (SSSR count). The number of nitrogens with zero attached hydrogens (tertiary/aromatic N) is 2. The van der Waals surface area contributed by atoms with Crippen LogP contribution in [0, 0.1) is 0 Å². The van der Waals surface area contributed by atoms with Crippen LogP contribution in [-0.2, 0) is 5.41 Å². The minimum Gasteiger partial charge on any atom is -0.228 e. The van der Waals surface area contributed by atoms with E-state index in [-0.39, 0.29) is 5.41 Å². The monoisotopic (exact) mass is 568 g/mol. The number of hydrogen-bond acceptors (Lipinski definition) is 2. The van der Waals surface area contributed by atoms with E-state index in [2.05, 4.69) is 124 Å². The molecule has 0 amide bonds. The first-order valence-electron chi connectivity index (χ1n) is 15.1. The molecule has 0 aliphatic heterocycles. The van der Waals surface area contributed by atoms with Gasteiger partial charge in [-0.05, 0) is 57.7 Å². The molecule has 2 nitrogen and oxygen atoms in total. The number of allylic oxidation sites excluding steroid dienone is 5. The molecule has 0 atom stereocenters. The lowest BCUT2D eigenvalue weighted by Crippen LogP contribution is -2.18. The molecule has 1 aromatic heterocycles. The van der Waals surface area contributed by atoms with Gasteiger partial charge in [0, 0.05) is 16.5 Å². The summed E-state index contributed by atoms with van der Waals surface area (Å²) in [5.41, 5.74) is 9.59. The fourth-order valence-electron chi connectivity index (χ4n) is 5.66. The largest absolute Gasteiger partial charge is 0.228 e. The zero-order chi connectivity index (χ0) is 30.5. The Morgan fingerprint density at radius 1 is 0.614 bits per heavy atom. The summed E-state index contributed by atoms with van der Waals surface area (Å²) in [6.07, 6.45) is 7.85. The Kier molecular flexibility index (Phi) is 8.16. The minimum absolute atomic E-state index is 0.168. The van der Waals surface area contributed by atoms with Crippen LogP contribution in [0.5, 0.6) is 0 Å². The summed E-state index contributed by atoms with van der Waals surface area (Å²) in [6.45, 7) is 10.5. The fourth-order valence-corrected chi connectivity index (χ4v) is 5.66. The summed E-state index contributed by atoms with van der Waals surface area (Å²) in [5, 5.41) is 2.52. The van der Waals surface area contributed by atoms with Gasteiger partial charge < -0.3 is 0 Å². The number of hydrogen-bond donors (Lipinski definition) is 0. The normalized spacial score (nSPS) is 12.1. The van der Waals surface area contributed by atoms with Gasteiger partial charge in [0.2, 0.25) is 0 Å². The summed E-state index contributed by atoms with van der Waals surface area (Å²) in [7, 11) is 0. The first kappa shape index (κ1) is 28.8. The minimum atomic E-state index is -0.168. The van der Waals surface area contributed by atoms with Crippen molar-refractivity contribution >= 4 is 16.3 Å². The molecule has 0 spiro atoms. The van der Waals surface area contributed by atoms with Gasteiger partial charge in [0.05, 0.1) is 11.4 Å². The third kappa shape index (κ3) is 5.93. The van der Waals surface area contributed by atoms with Crippen LogP contribution < -0.4 is 0 Å². The van der Waals surface area contributed by atoms with Gasteiger partial charge in [-0.25, -0.2) is 9.97 Å². The highest BCUT2D eigenvalue weighted by atomic mass is 14.9. The average molecular weight is 569 g/mol. The molecule has 44 heavy (non-hydrogen) atoms. The van der Waals surface area contributed by atoms with E-state index in [4.69, 9.17) is 9.97 Å². The molecule has 2 heteroatoms. The van der Waals surface area contributed by atoms with Crippen molar-refractivity contribution in [3.63, 3.8) is 0 Å². The molecule has 0 fully saturated rings. The maximum absolute atomic E-state index is 5.00. The van der Waals surface area contributed by atoms with Crippen LogP contribution in [0.1, 0.15) is 37.6 Å². The van der Waals surface area contributed by atoms with E-state index in [1.807, 2.05) is 49.4 Å².